The highest BCUT2D eigenvalue weighted by Crippen LogP contribution is 2.38. The van der Waals surface area contributed by atoms with Crippen molar-refractivity contribution in [3.05, 3.63) is 54.0 Å². The summed E-state index contributed by atoms with van der Waals surface area (Å²) in [5, 5.41) is 9.37. The van der Waals surface area contributed by atoms with Gasteiger partial charge in [0, 0.05) is 31.9 Å². The van der Waals surface area contributed by atoms with Gasteiger partial charge in [0.1, 0.15) is 17.7 Å². The number of fused-ring (bicyclic) bond motifs is 1. The molecule has 0 bridgehead atoms. The van der Waals surface area contributed by atoms with Gasteiger partial charge >= 0.3 is 0 Å². The van der Waals surface area contributed by atoms with Crippen molar-refractivity contribution >= 4 is 11.5 Å². The van der Waals surface area contributed by atoms with Gasteiger partial charge < -0.3 is 9.80 Å². The Morgan fingerprint density at radius 2 is 2.00 bits per heavy atom. The molecule has 24 heavy (non-hydrogen) atoms. The standard InChI is InChI=1S/C19H19FN4/c20-16-5-3-4-15(12-21)19(16)24-11-8-14-7-10-23(13-17(14)24)18-6-1-2-9-22-18/h1-6,9,14,17H,7-8,10-11,13H2. The molecule has 2 aliphatic rings. The number of hydrogen-bond donors (Lipinski definition) is 0. The SMILES string of the molecule is N#Cc1cccc(F)c1N1CCC2CCN(c3ccccn3)CC21. The molecule has 2 atom stereocenters. The summed E-state index contributed by atoms with van der Waals surface area (Å²) in [5.74, 6) is 1.22. The molecule has 0 radical (unpaired) electrons. The average Bonchev–Trinajstić information content (AvgIpc) is 3.05. The maximum Gasteiger partial charge on any atom is 0.147 e. The normalized spacial score (nSPS) is 23.0. The van der Waals surface area contributed by atoms with Gasteiger partial charge in [0.05, 0.1) is 11.3 Å². The molecule has 5 heteroatoms. The number of rotatable bonds is 2. The molecule has 0 spiro atoms. The lowest BCUT2D eigenvalue weighted by Crippen LogP contribution is -2.49. The Labute approximate surface area is 141 Å². The molecule has 2 saturated heterocycles. The minimum Gasteiger partial charge on any atom is -0.363 e. The van der Waals surface area contributed by atoms with Gasteiger partial charge in [0.25, 0.3) is 0 Å². The molecule has 1 aromatic heterocycles. The summed E-state index contributed by atoms with van der Waals surface area (Å²) < 4.78 is 14.4. The molecule has 2 aliphatic heterocycles. The number of hydrogen-bond acceptors (Lipinski definition) is 4. The average molecular weight is 322 g/mol. The Morgan fingerprint density at radius 1 is 1.12 bits per heavy atom. The zero-order valence-corrected chi connectivity index (χ0v) is 13.4. The molecule has 2 aromatic rings. The van der Waals surface area contributed by atoms with Crippen molar-refractivity contribution < 1.29 is 4.39 Å². The third-order valence-electron chi connectivity index (χ3n) is 5.23. The van der Waals surface area contributed by atoms with Gasteiger partial charge in [-0.1, -0.05) is 12.1 Å². The van der Waals surface area contributed by atoms with Crippen molar-refractivity contribution in [3.63, 3.8) is 0 Å². The number of nitriles is 1. The topological polar surface area (TPSA) is 43.2 Å². The maximum absolute atomic E-state index is 14.4. The van der Waals surface area contributed by atoms with Crippen LogP contribution in [0.2, 0.25) is 0 Å². The molecule has 0 aliphatic carbocycles. The van der Waals surface area contributed by atoms with Crippen LogP contribution in [0.4, 0.5) is 15.9 Å². The molecule has 0 amide bonds. The zero-order chi connectivity index (χ0) is 16.5. The second-order valence-corrected chi connectivity index (χ2v) is 6.48. The van der Waals surface area contributed by atoms with Crippen LogP contribution in [0.3, 0.4) is 0 Å². The quantitative estimate of drug-likeness (QED) is 0.851. The van der Waals surface area contributed by atoms with E-state index in [0.717, 1.165) is 38.3 Å². The molecular formula is C19H19FN4. The van der Waals surface area contributed by atoms with Crippen molar-refractivity contribution in [2.45, 2.75) is 18.9 Å². The fourth-order valence-corrected chi connectivity index (χ4v) is 4.06. The second-order valence-electron chi connectivity index (χ2n) is 6.48. The molecule has 3 heterocycles. The van der Waals surface area contributed by atoms with E-state index >= 15 is 0 Å². The summed E-state index contributed by atoms with van der Waals surface area (Å²) in [6, 6.07) is 13.0. The first-order valence-corrected chi connectivity index (χ1v) is 8.39. The van der Waals surface area contributed by atoms with E-state index < -0.39 is 0 Å². The predicted octanol–water partition coefficient (Wildman–Crippen LogP) is 3.20. The molecule has 2 fully saturated rings. The van der Waals surface area contributed by atoms with E-state index in [9.17, 15) is 9.65 Å². The number of aromatic nitrogens is 1. The number of piperidine rings is 1. The molecule has 0 saturated carbocycles. The van der Waals surface area contributed by atoms with Gasteiger partial charge in [-0.05, 0) is 43.0 Å². The summed E-state index contributed by atoms with van der Waals surface area (Å²) in [4.78, 5) is 8.82. The smallest absolute Gasteiger partial charge is 0.147 e. The number of benzene rings is 1. The van der Waals surface area contributed by atoms with E-state index in [1.165, 1.54) is 6.07 Å². The Hall–Kier alpha value is -2.61. The van der Waals surface area contributed by atoms with Crippen molar-refractivity contribution in [1.82, 2.24) is 4.98 Å². The fraction of sp³-hybridized carbons (Fsp3) is 0.368. The van der Waals surface area contributed by atoms with Gasteiger partial charge in [-0.3, -0.25) is 0 Å². The van der Waals surface area contributed by atoms with Crippen LogP contribution >= 0.6 is 0 Å². The van der Waals surface area contributed by atoms with Crippen molar-refractivity contribution in [1.29, 1.82) is 5.26 Å². The van der Waals surface area contributed by atoms with E-state index in [1.54, 1.807) is 18.3 Å². The summed E-state index contributed by atoms with van der Waals surface area (Å²) in [6.45, 7) is 2.61. The van der Waals surface area contributed by atoms with E-state index in [1.807, 2.05) is 18.2 Å². The van der Waals surface area contributed by atoms with Crippen LogP contribution < -0.4 is 9.80 Å². The van der Waals surface area contributed by atoms with Crippen LogP contribution in [0.5, 0.6) is 0 Å². The van der Waals surface area contributed by atoms with E-state index in [-0.39, 0.29) is 11.9 Å². The van der Waals surface area contributed by atoms with Crippen LogP contribution in [-0.2, 0) is 0 Å². The lowest BCUT2D eigenvalue weighted by atomic mass is 9.92. The summed E-state index contributed by atoms with van der Waals surface area (Å²) in [5.41, 5.74) is 0.890. The van der Waals surface area contributed by atoms with Gasteiger partial charge in [-0.25, -0.2) is 9.37 Å². The molecule has 4 rings (SSSR count). The third kappa shape index (κ3) is 2.48. The largest absolute Gasteiger partial charge is 0.363 e. The molecule has 0 N–H and O–H groups in total. The van der Waals surface area contributed by atoms with Crippen molar-refractivity contribution in [2.24, 2.45) is 5.92 Å². The third-order valence-corrected chi connectivity index (χ3v) is 5.23. The minimum absolute atomic E-state index is 0.227. The highest BCUT2D eigenvalue weighted by molar-refractivity contribution is 5.62. The summed E-state index contributed by atoms with van der Waals surface area (Å²) >= 11 is 0. The van der Waals surface area contributed by atoms with Crippen LogP contribution in [0.15, 0.2) is 42.6 Å². The molecule has 4 nitrogen and oxygen atoms in total. The van der Waals surface area contributed by atoms with Crippen LogP contribution in [0, 0.1) is 23.1 Å². The van der Waals surface area contributed by atoms with Gasteiger partial charge in [-0.2, -0.15) is 5.26 Å². The van der Waals surface area contributed by atoms with Crippen LogP contribution in [0.25, 0.3) is 0 Å². The van der Waals surface area contributed by atoms with Crippen molar-refractivity contribution in [3.8, 4) is 6.07 Å². The lowest BCUT2D eigenvalue weighted by Gasteiger charge is -2.40. The Morgan fingerprint density at radius 3 is 2.79 bits per heavy atom. The lowest BCUT2D eigenvalue weighted by molar-refractivity contribution is 0.388. The number of pyridine rings is 1. The Bertz CT molecular complexity index is 771. The van der Waals surface area contributed by atoms with E-state index in [2.05, 4.69) is 20.9 Å². The summed E-state index contributed by atoms with van der Waals surface area (Å²) in [7, 11) is 0. The van der Waals surface area contributed by atoms with E-state index in [4.69, 9.17) is 0 Å². The highest BCUT2D eigenvalue weighted by Gasteiger charge is 2.40. The van der Waals surface area contributed by atoms with Crippen LogP contribution in [0.1, 0.15) is 18.4 Å². The first-order chi connectivity index (χ1) is 11.8. The molecular weight excluding hydrogens is 303 g/mol. The minimum atomic E-state index is -0.301. The summed E-state index contributed by atoms with van der Waals surface area (Å²) in [6.07, 6.45) is 3.94. The number of para-hydroxylation sites is 1. The monoisotopic (exact) mass is 322 g/mol. The maximum atomic E-state index is 14.4. The fourth-order valence-electron chi connectivity index (χ4n) is 4.06. The number of halogens is 1. The van der Waals surface area contributed by atoms with Gasteiger partial charge in [-0.15, -0.1) is 0 Å². The zero-order valence-electron chi connectivity index (χ0n) is 13.4. The number of anilines is 2. The van der Waals surface area contributed by atoms with Gasteiger partial charge in [0.15, 0.2) is 0 Å². The molecule has 122 valence electrons. The first kappa shape index (κ1) is 14.9. The number of nitrogens with zero attached hydrogens (tertiary/aromatic N) is 4. The van der Waals surface area contributed by atoms with Crippen LogP contribution in [-0.4, -0.2) is 30.7 Å². The highest BCUT2D eigenvalue weighted by atomic mass is 19.1. The Kier molecular flexibility index (Phi) is 3.81. The molecule has 1 aromatic carbocycles. The predicted molar refractivity (Wildman–Crippen MR) is 91.4 cm³/mol. The Balaban J connectivity index is 1.64. The second kappa shape index (κ2) is 6.12. The molecule has 2 unspecified atom stereocenters. The van der Waals surface area contributed by atoms with Gasteiger partial charge in [0.2, 0.25) is 0 Å². The first-order valence-electron chi connectivity index (χ1n) is 8.39. The van der Waals surface area contributed by atoms with E-state index in [0.29, 0.717) is 17.2 Å². The van der Waals surface area contributed by atoms with Crippen molar-refractivity contribution in [2.75, 3.05) is 29.4 Å².